The van der Waals surface area contributed by atoms with Gasteiger partial charge in [-0.2, -0.15) is 0 Å². The van der Waals surface area contributed by atoms with Gasteiger partial charge in [-0.05, 0) is 18.1 Å². The Morgan fingerprint density at radius 3 is 2.65 bits per heavy atom. The van der Waals surface area contributed by atoms with Crippen molar-refractivity contribution >= 4 is 21.8 Å². The molecule has 0 heterocycles. The summed E-state index contributed by atoms with van der Waals surface area (Å²) in [6, 6.07) is 7.18. The fourth-order valence-corrected chi connectivity index (χ4v) is 2.00. The molecule has 0 saturated carbocycles. The lowest BCUT2D eigenvalue weighted by Gasteiger charge is -2.19. The average Bonchev–Trinajstić information content (AvgIpc) is 2.28. The molecule has 0 aliphatic rings. The summed E-state index contributed by atoms with van der Waals surface area (Å²) in [6.07, 6.45) is -1.55. The van der Waals surface area contributed by atoms with Crippen molar-refractivity contribution in [1.29, 1.82) is 0 Å². The van der Waals surface area contributed by atoms with E-state index in [2.05, 4.69) is 21.2 Å². The molecule has 2 atom stereocenters. The van der Waals surface area contributed by atoms with Crippen molar-refractivity contribution in [2.24, 2.45) is 0 Å². The molecule has 0 aliphatic carbocycles. The molecule has 0 aromatic heterocycles. The molecule has 1 rings (SSSR count). The Hall–Kier alpha value is -0.910. The zero-order valence-electron chi connectivity index (χ0n) is 9.56. The third kappa shape index (κ3) is 4.46. The van der Waals surface area contributed by atoms with Gasteiger partial charge in [-0.1, -0.05) is 34.1 Å². The second-order valence-electron chi connectivity index (χ2n) is 3.81. The molecule has 17 heavy (non-hydrogen) atoms. The van der Waals surface area contributed by atoms with Crippen LogP contribution >= 0.6 is 15.9 Å². The fourth-order valence-electron chi connectivity index (χ4n) is 1.48. The molecule has 1 amide bonds. The van der Waals surface area contributed by atoms with Crippen LogP contribution < -0.4 is 5.32 Å². The third-order valence-electron chi connectivity index (χ3n) is 2.40. The van der Waals surface area contributed by atoms with Crippen molar-refractivity contribution < 1.29 is 15.0 Å². The predicted molar refractivity (Wildman–Crippen MR) is 68.4 cm³/mol. The number of hydrogen-bond acceptors (Lipinski definition) is 3. The van der Waals surface area contributed by atoms with Crippen LogP contribution in [0.1, 0.15) is 25.0 Å². The van der Waals surface area contributed by atoms with E-state index in [-0.39, 0.29) is 5.91 Å². The maximum Gasteiger partial charge on any atom is 0.216 e. The van der Waals surface area contributed by atoms with Crippen molar-refractivity contribution in [2.45, 2.75) is 25.6 Å². The zero-order valence-corrected chi connectivity index (χ0v) is 11.1. The Labute approximate surface area is 109 Å². The molecule has 1 aromatic carbocycles. The summed E-state index contributed by atoms with van der Waals surface area (Å²) in [5.41, 5.74) is 0.642. The molecule has 2 unspecified atom stereocenters. The van der Waals surface area contributed by atoms with E-state index >= 15 is 0 Å². The molecule has 3 N–H and O–H groups in total. The Kier molecular flexibility index (Phi) is 5.61. The Balaban J connectivity index is 2.55. The van der Waals surface area contributed by atoms with Gasteiger partial charge >= 0.3 is 0 Å². The van der Waals surface area contributed by atoms with Gasteiger partial charge in [-0.15, -0.1) is 0 Å². The molecule has 94 valence electrons. The van der Waals surface area contributed by atoms with Crippen LogP contribution in [0.5, 0.6) is 0 Å². The Morgan fingerprint density at radius 2 is 2.06 bits per heavy atom. The van der Waals surface area contributed by atoms with Gasteiger partial charge in [0, 0.05) is 17.9 Å². The largest absolute Gasteiger partial charge is 0.390 e. The van der Waals surface area contributed by atoms with Gasteiger partial charge < -0.3 is 15.5 Å². The summed E-state index contributed by atoms with van der Waals surface area (Å²) in [6.45, 7) is 1.76. The number of amides is 1. The monoisotopic (exact) mass is 301 g/mol. The van der Waals surface area contributed by atoms with Gasteiger partial charge in [0.1, 0.15) is 6.10 Å². The molecule has 0 radical (unpaired) electrons. The molecule has 4 nitrogen and oxygen atoms in total. The predicted octanol–water partition coefficient (Wildman–Crippen LogP) is 1.37. The van der Waals surface area contributed by atoms with Crippen LogP contribution in [0.25, 0.3) is 0 Å². The topological polar surface area (TPSA) is 69.6 Å². The first-order valence-electron chi connectivity index (χ1n) is 5.37. The third-order valence-corrected chi connectivity index (χ3v) is 3.12. The normalized spacial score (nSPS) is 14.1. The van der Waals surface area contributed by atoms with Crippen LogP contribution in [-0.2, 0) is 4.79 Å². The summed E-state index contributed by atoms with van der Waals surface area (Å²) in [5.74, 6) is -0.146. The van der Waals surface area contributed by atoms with Crippen LogP contribution in [0, 0.1) is 0 Å². The highest BCUT2D eigenvalue weighted by atomic mass is 79.9. The molecule has 0 fully saturated rings. The van der Waals surface area contributed by atoms with E-state index in [9.17, 15) is 15.0 Å². The maximum atomic E-state index is 10.7. The number of benzene rings is 1. The number of aliphatic hydroxyl groups is 2. The number of nitrogens with one attached hydrogen (secondary N) is 1. The van der Waals surface area contributed by atoms with E-state index in [4.69, 9.17) is 0 Å². The summed E-state index contributed by atoms with van der Waals surface area (Å²) in [5, 5.41) is 22.3. The summed E-state index contributed by atoms with van der Waals surface area (Å²) in [4.78, 5) is 10.7. The number of aliphatic hydroxyl groups excluding tert-OH is 2. The van der Waals surface area contributed by atoms with E-state index in [1.807, 2.05) is 6.07 Å². The van der Waals surface area contributed by atoms with Crippen molar-refractivity contribution in [3.05, 3.63) is 34.3 Å². The molecule has 0 spiro atoms. The molecule has 1 aromatic rings. The van der Waals surface area contributed by atoms with Gasteiger partial charge in [-0.3, -0.25) is 4.79 Å². The number of carbonyl (C=O) groups is 1. The van der Waals surface area contributed by atoms with E-state index < -0.39 is 12.2 Å². The van der Waals surface area contributed by atoms with Gasteiger partial charge in [0.25, 0.3) is 0 Å². The van der Waals surface area contributed by atoms with Crippen molar-refractivity contribution in [1.82, 2.24) is 5.32 Å². The van der Waals surface area contributed by atoms with Crippen LogP contribution in [0.2, 0.25) is 0 Å². The first-order chi connectivity index (χ1) is 8.02. The minimum atomic E-state index is -0.959. The SMILES string of the molecule is CC(=O)NCCC(O)C(O)c1ccccc1Br. The smallest absolute Gasteiger partial charge is 0.216 e. The first kappa shape index (κ1) is 14.2. The van der Waals surface area contributed by atoms with E-state index in [1.54, 1.807) is 18.2 Å². The number of carbonyl (C=O) groups excluding carboxylic acids is 1. The second-order valence-corrected chi connectivity index (χ2v) is 4.66. The fraction of sp³-hybridized carbons (Fsp3) is 0.417. The van der Waals surface area contributed by atoms with Crippen LogP contribution in [0.3, 0.4) is 0 Å². The van der Waals surface area contributed by atoms with Crippen molar-refractivity contribution in [3.8, 4) is 0 Å². The van der Waals surface area contributed by atoms with Gasteiger partial charge in [0.2, 0.25) is 5.91 Å². The molecule has 0 bridgehead atoms. The summed E-state index contributed by atoms with van der Waals surface area (Å²) in [7, 11) is 0. The van der Waals surface area contributed by atoms with Gasteiger partial charge in [0.15, 0.2) is 0 Å². The zero-order chi connectivity index (χ0) is 12.8. The highest BCUT2D eigenvalue weighted by Crippen LogP contribution is 2.26. The first-order valence-corrected chi connectivity index (χ1v) is 6.16. The van der Waals surface area contributed by atoms with Crippen molar-refractivity contribution in [3.63, 3.8) is 0 Å². The van der Waals surface area contributed by atoms with Crippen LogP contribution in [0.15, 0.2) is 28.7 Å². The number of hydrogen-bond donors (Lipinski definition) is 3. The minimum absolute atomic E-state index is 0.146. The minimum Gasteiger partial charge on any atom is -0.390 e. The lowest BCUT2D eigenvalue weighted by molar-refractivity contribution is -0.119. The van der Waals surface area contributed by atoms with Gasteiger partial charge in [-0.25, -0.2) is 0 Å². The number of halogens is 1. The second kappa shape index (κ2) is 6.74. The Bertz CT molecular complexity index is 384. The van der Waals surface area contributed by atoms with Crippen LogP contribution in [0.4, 0.5) is 0 Å². The average molecular weight is 302 g/mol. The molecular weight excluding hydrogens is 286 g/mol. The standard InChI is InChI=1S/C12H16BrNO3/c1-8(15)14-7-6-11(16)12(17)9-4-2-3-5-10(9)13/h2-5,11-12,16-17H,6-7H2,1H3,(H,14,15). The maximum absolute atomic E-state index is 10.7. The van der Waals surface area contributed by atoms with Gasteiger partial charge in [0.05, 0.1) is 6.10 Å². The highest BCUT2D eigenvalue weighted by molar-refractivity contribution is 9.10. The molecule has 5 heteroatoms. The summed E-state index contributed by atoms with van der Waals surface area (Å²) >= 11 is 3.32. The number of rotatable bonds is 5. The molecule has 0 saturated heterocycles. The molecular formula is C12H16BrNO3. The van der Waals surface area contributed by atoms with Crippen molar-refractivity contribution in [2.75, 3.05) is 6.54 Å². The van der Waals surface area contributed by atoms with E-state index in [0.29, 0.717) is 18.5 Å². The highest BCUT2D eigenvalue weighted by Gasteiger charge is 2.19. The lowest BCUT2D eigenvalue weighted by atomic mass is 10.0. The van der Waals surface area contributed by atoms with Crippen LogP contribution in [-0.4, -0.2) is 28.8 Å². The lowest BCUT2D eigenvalue weighted by Crippen LogP contribution is -2.27. The quantitative estimate of drug-likeness (QED) is 0.769. The summed E-state index contributed by atoms with van der Waals surface area (Å²) < 4.78 is 0.756. The Morgan fingerprint density at radius 1 is 1.41 bits per heavy atom. The van der Waals surface area contributed by atoms with E-state index in [1.165, 1.54) is 6.92 Å². The van der Waals surface area contributed by atoms with E-state index in [0.717, 1.165) is 4.47 Å². The molecule has 0 aliphatic heterocycles.